The highest BCUT2D eigenvalue weighted by molar-refractivity contribution is 5.58. The standard InChI is InChI=1S/C13H10N4O/c14-10-6-7-11(15-8-10)13-16-12(17-18-13)9-4-2-1-3-5-9/h1-8H,14H2. The molecule has 0 saturated heterocycles. The third-order valence-electron chi connectivity index (χ3n) is 2.46. The van der Waals surface area contributed by atoms with Gasteiger partial charge in [0.25, 0.3) is 5.89 Å². The van der Waals surface area contributed by atoms with Gasteiger partial charge in [-0.2, -0.15) is 4.98 Å². The molecule has 0 aliphatic rings. The molecule has 0 amide bonds. The van der Waals surface area contributed by atoms with Gasteiger partial charge in [-0.25, -0.2) is 4.98 Å². The van der Waals surface area contributed by atoms with E-state index in [1.54, 1.807) is 18.3 Å². The van der Waals surface area contributed by atoms with E-state index in [9.17, 15) is 0 Å². The van der Waals surface area contributed by atoms with Gasteiger partial charge >= 0.3 is 0 Å². The van der Waals surface area contributed by atoms with Crippen molar-refractivity contribution in [3.63, 3.8) is 0 Å². The summed E-state index contributed by atoms with van der Waals surface area (Å²) in [5, 5.41) is 3.93. The fourth-order valence-corrected chi connectivity index (χ4v) is 1.56. The summed E-state index contributed by atoms with van der Waals surface area (Å²) in [6, 6.07) is 13.1. The summed E-state index contributed by atoms with van der Waals surface area (Å²) in [4.78, 5) is 8.43. The molecule has 2 N–H and O–H groups in total. The Hall–Kier alpha value is -2.69. The molecule has 2 aromatic heterocycles. The Bertz CT molecular complexity index is 646. The lowest BCUT2D eigenvalue weighted by atomic mass is 10.2. The van der Waals surface area contributed by atoms with Crippen LogP contribution in [0.15, 0.2) is 53.2 Å². The second-order valence-electron chi connectivity index (χ2n) is 3.77. The quantitative estimate of drug-likeness (QED) is 0.741. The summed E-state index contributed by atoms with van der Waals surface area (Å²) in [7, 11) is 0. The van der Waals surface area contributed by atoms with E-state index >= 15 is 0 Å². The number of hydrogen-bond acceptors (Lipinski definition) is 5. The maximum Gasteiger partial charge on any atom is 0.276 e. The molecule has 0 aliphatic carbocycles. The monoisotopic (exact) mass is 238 g/mol. The molecule has 5 nitrogen and oxygen atoms in total. The first kappa shape index (κ1) is 10.5. The topological polar surface area (TPSA) is 77.8 Å². The van der Waals surface area contributed by atoms with Crippen LogP contribution in [-0.2, 0) is 0 Å². The van der Waals surface area contributed by atoms with E-state index < -0.39 is 0 Å². The predicted molar refractivity (Wildman–Crippen MR) is 67.4 cm³/mol. The fraction of sp³-hybridized carbons (Fsp3) is 0. The van der Waals surface area contributed by atoms with E-state index in [4.69, 9.17) is 10.3 Å². The molecule has 0 spiro atoms. The number of rotatable bonds is 2. The Morgan fingerprint density at radius 1 is 1.00 bits per heavy atom. The SMILES string of the molecule is Nc1ccc(-c2nc(-c3ccccc3)no2)nc1. The molecule has 3 aromatic rings. The van der Waals surface area contributed by atoms with Gasteiger partial charge in [-0.05, 0) is 12.1 Å². The van der Waals surface area contributed by atoms with Gasteiger partial charge < -0.3 is 10.3 Å². The van der Waals surface area contributed by atoms with E-state index in [2.05, 4.69) is 15.1 Å². The van der Waals surface area contributed by atoms with E-state index in [-0.39, 0.29) is 0 Å². The van der Waals surface area contributed by atoms with Crippen LogP contribution in [0.2, 0.25) is 0 Å². The van der Waals surface area contributed by atoms with Crippen LogP contribution in [0.25, 0.3) is 23.0 Å². The molecule has 18 heavy (non-hydrogen) atoms. The van der Waals surface area contributed by atoms with Gasteiger partial charge in [0.05, 0.1) is 11.9 Å². The molecule has 3 rings (SSSR count). The van der Waals surface area contributed by atoms with Crippen LogP contribution >= 0.6 is 0 Å². The van der Waals surface area contributed by atoms with E-state index in [0.29, 0.717) is 23.1 Å². The number of benzene rings is 1. The first-order chi connectivity index (χ1) is 8.83. The summed E-state index contributed by atoms with van der Waals surface area (Å²) < 4.78 is 5.18. The minimum atomic E-state index is 0.383. The first-order valence-electron chi connectivity index (χ1n) is 5.44. The number of nitrogen functional groups attached to an aromatic ring is 1. The molecule has 0 bridgehead atoms. The highest BCUT2D eigenvalue weighted by Gasteiger charge is 2.10. The van der Waals surface area contributed by atoms with E-state index in [1.807, 2.05) is 30.3 Å². The highest BCUT2D eigenvalue weighted by Crippen LogP contribution is 2.20. The van der Waals surface area contributed by atoms with Crippen LogP contribution in [0.1, 0.15) is 0 Å². The van der Waals surface area contributed by atoms with Gasteiger partial charge in [-0.3, -0.25) is 0 Å². The maximum absolute atomic E-state index is 5.57. The van der Waals surface area contributed by atoms with Crippen LogP contribution < -0.4 is 5.73 Å². The lowest BCUT2D eigenvalue weighted by Crippen LogP contribution is -1.88. The molecule has 0 radical (unpaired) electrons. The summed E-state index contributed by atoms with van der Waals surface area (Å²) in [5.74, 6) is 0.929. The van der Waals surface area contributed by atoms with Gasteiger partial charge in [0.1, 0.15) is 5.69 Å². The third kappa shape index (κ3) is 1.93. The Kier molecular flexibility index (Phi) is 2.49. The zero-order chi connectivity index (χ0) is 12.4. The van der Waals surface area contributed by atoms with Crippen LogP contribution in [-0.4, -0.2) is 15.1 Å². The van der Waals surface area contributed by atoms with Gasteiger partial charge in [0, 0.05) is 5.56 Å². The summed E-state index contributed by atoms with van der Waals surface area (Å²) in [5.41, 5.74) is 7.69. The average molecular weight is 238 g/mol. The summed E-state index contributed by atoms with van der Waals surface area (Å²) in [6.45, 7) is 0. The van der Waals surface area contributed by atoms with Crippen molar-refractivity contribution in [1.82, 2.24) is 15.1 Å². The van der Waals surface area contributed by atoms with Gasteiger partial charge in [-0.1, -0.05) is 35.5 Å². The molecule has 5 heteroatoms. The number of anilines is 1. The number of hydrogen-bond donors (Lipinski definition) is 1. The maximum atomic E-state index is 5.57. The summed E-state index contributed by atoms with van der Waals surface area (Å²) >= 11 is 0. The van der Waals surface area contributed by atoms with E-state index in [0.717, 1.165) is 5.56 Å². The normalized spacial score (nSPS) is 10.4. The molecular weight excluding hydrogens is 228 g/mol. The molecule has 1 aromatic carbocycles. The fourth-order valence-electron chi connectivity index (χ4n) is 1.56. The molecular formula is C13H10N4O. The van der Waals surface area contributed by atoms with Crippen LogP contribution in [0, 0.1) is 0 Å². The second-order valence-corrected chi connectivity index (χ2v) is 3.77. The molecule has 0 atom stereocenters. The van der Waals surface area contributed by atoms with Crippen molar-refractivity contribution in [2.75, 3.05) is 5.73 Å². The van der Waals surface area contributed by atoms with Gasteiger partial charge in [-0.15, -0.1) is 0 Å². The Balaban J connectivity index is 1.97. The molecule has 0 aliphatic heterocycles. The van der Waals surface area contributed by atoms with Crippen molar-refractivity contribution in [2.45, 2.75) is 0 Å². The van der Waals surface area contributed by atoms with Gasteiger partial charge in [0.2, 0.25) is 5.82 Å². The van der Waals surface area contributed by atoms with Crippen molar-refractivity contribution in [2.24, 2.45) is 0 Å². The number of nitrogens with zero attached hydrogens (tertiary/aromatic N) is 3. The average Bonchev–Trinajstić information content (AvgIpc) is 2.90. The van der Waals surface area contributed by atoms with Crippen molar-refractivity contribution in [1.29, 1.82) is 0 Å². The molecule has 0 unspecified atom stereocenters. The second kappa shape index (κ2) is 4.29. The minimum Gasteiger partial charge on any atom is -0.397 e. The molecule has 0 fully saturated rings. The van der Waals surface area contributed by atoms with Crippen molar-refractivity contribution in [3.05, 3.63) is 48.7 Å². The summed E-state index contributed by atoms with van der Waals surface area (Å²) in [6.07, 6.45) is 1.56. The number of aromatic nitrogens is 3. The molecule has 0 saturated carbocycles. The van der Waals surface area contributed by atoms with Crippen LogP contribution in [0.5, 0.6) is 0 Å². The number of nitrogens with two attached hydrogens (primary N) is 1. The smallest absolute Gasteiger partial charge is 0.276 e. The number of pyridine rings is 1. The Labute approximate surface area is 103 Å². The van der Waals surface area contributed by atoms with Crippen molar-refractivity contribution in [3.8, 4) is 23.0 Å². The molecule has 2 heterocycles. The van der Waals surface area contributed by atoms with Crippen LogP contribution in [0.4, 0.5) is 5.69 Å². The largest absolute Gasteiger partial charge is 0.397 e. The van der Waals surface area contributed by atoms with Crippen molar-refractivity contribution < 1.29 is 4.52 Å². The zero-order valence-corrected chi connectivity index (χ0v) is 9.45. The van der Waals surface area contributed by atoms with Crippen LogP contribution in [0.3, 0.4) is 0 Å². The lowest BCUT2D eigenvalue weighted by molar-refractivity contribution is 0.431. The molecule has 88 valence electrons. The lowest BCUT2D eigenvalue weighted by Gasteiger charge is -1.93. The van der Waals surface area contributed by atoms with E-state index in [1.165, 1.54) is 0 Å². The Morgan fingerprint density at radius 2 is 1.83 bits per heavy atom. The third-order valence-corrected chi connectivity index (χ3v) is 2.46. The highest BCUT2D eigenvalue weighted by atomic mass is 16.5. The van der Waals surface area contributed by atoms with Gasteiger partial charge in [0.15, 0.2) is 0 Å². The minimum absolute atomic E-state index is 0.383. The van der Waals surface area contributed by atoms with Crippen molar-refractivity contribution >= 4 is 5.69 Å². The zero-order valence-electron chi connectivity index (χ0n) is 9.45. The Morgan fingerprint density at radius 3 is 2.56 bits per heavy atom. The predicted octanol–water partition coefficient (Wildman–Crippen LogP) is 2.38. The first-order valence-corrected chi connectivity index (χ1v) is 5.44.